The average Bonchev–Trinajstić information content (AvgIpc) is 3.55. The molecule has 2 atom stereocenters. The third kappa shape index (κ3) is 22.7. The van der Waals surface area contributed by atoms with Gasteiger partial charge in [0.15, 0.2) is 0 Å². The van der Waals surface area contributed by atoms with Gasteiger partial charge in [-0.15, -0.1) is 0 Å². The van der Waals surface area contributed by atoms with Crippen molar-refractivity contribution in [2.75, 3.05) is 13.2 Å². The fourth-order valence-corrected chi connectivity index (χ4v) is 8.06. The number of nitrogens with one attached hydrogen (secondary N) is 3. The Kier molecular flexibility index (Phi) is 24.1. The molecule has 2 aromatic carbocycles. The number of carboxylic acids is 1. The lowest BCUT2D eigenvalue weighted by Crippen LogP contribution is -2.44. The molecule has 0 heterocycles. The number of hydrogen-bond acceptors (Lipinski definition) is 9. The monoisotopic (exact) mass is 906 g/mol. The number of carbonyl (C=O) groups excluding carboxylic acids is 5. The van der Waals surface area contributed by atoms with Gasteiger partial charge in [0.05, 0.1) is 0 Å². The zero-order valence-corrected chi connectivity index (χ0v) is 40.2. The van der Waals surface area contributed by atoms with E-state index in [1.54, 1.807) is 20.8 Å². The summed E-state index contributed by atoms with van der Waals surface area (Å²) in [6.07, 6.45) is 16.7. The SMILES string of the molecule is CC(C)(C)OC(=O)CCCCCCCCCCCCCCCCC(=O)NC(CCC(=O)NCCCCC(NC(=O)OCC1c2ccccc2-c2ccccc21)C(=O)O)C(=O)OC(C)(C)C. The van der Waals surface area contributed by atoms with E-state index in [-0.39, 0.29) is 56.1 Å². The first-order valence-corrected chi connectivity index (χ1v) is 24.3. The summed E-state index contributed by atoms with van der Waals surface area (Å²) in [7, 11) is 0. The van der Waals surface area contributed by atoms with E-state index >= 15 is 0 Å². The van der Waals surface area contributed by atoms with E-state index in [9.17, 15) is 33.9 Å². The van der Waals surface area contributed by atoms with Crippen LogP contribution in [0.3, 0.4) is 0 Å². The maximum atomic E-state index is 13.0. The molecule has 0 saturated carbocycles. The van der Waals surface area contributed by atoms with Crippen LogP contribution in [0.25, 0.3) is 11.1 Å². The first-order valence-electron chi connectivity index (χ1n) is 24.3. The molecule has 0 radical (unpaired) electrons. The van der Waals surface area contributed by atoms with Crippen molar-refractivity contribution in [1.82, 2.24) is 16.0 Å². The van der Waals surface area contributed by atoms with Crippen LogP contribution in [0.5, 0.6) is 0 Å². The van der Waals surface area contributed by atoms with Gasteiger partial charge >= 0.3 is 24.0 Å². The first kappa shape index (κ1) is 54.4. The second-order valence-electron chi connectivity index (χ2n) is 19.4. The number of unbranched alkanes of at least 4 members (excludes halogenated alkanes) is 14. The van der Waals surface area contributed by atoms with Gasteiger partial charge < -0.3 is 35.3 Å². The molecule has 3 amide bonds. The molecule has 1 aliphatic carbocycles. The lowest BCUT2D eigenvalue weighted by molar-refractivity contribution is -0.159. The second-order valence-corrected chi connectivity index (χ2v) is 19.4. The fourth-order valence-electron chi connectivity index (χ4n) is 8.06. The Morgan fingerprint density at radius 1 is 0.554 bits per heavy atom. The molecule has 0 bridgehead atoms. The van der Waals surface area contributed by atoms with Crippen molar-refractivity contribution >= 4 is 35.8 Å². The Morgan fingerprint density at radius 2 is 1.05 bits per heavy atom. The van der Waals surface area contributed by atoms with Crippen LogP contribution in [0.4, 0.5) is 4.79 Å². The smallest absolute Gasteiger partial charge is 0.407 e. The van der Waals surface area contributed by atoms with Crippen LogP contribution in [0.2, 0.25) is 0 Å². The van der Waals surface area contributed by atoms with Crippen LogP contribution in [0.15, 0.2) is 48.5 Å². The van der Waals surface area contributed by atoms with Crippen LogP contribution >= 0.6 is 0 Å². The molecule has 362 valence electrons. The summed E-state index contributed by atoms with van der Waals surface area (Å²) in [6.45, 7) is 11.3. The number of benzene rings is 2. The highest BCUT2D eigenvalue weighted by Gasteiger charge is 2.30. The molecule has 3 rings (SSSR count). The van der Waals surface area contributed by atoms with Gasteiger partial charge in [-0.3, -0.25) is 14.4 Å². The molecule has 2 aromatic rings. The summed E-state index contributed by atoms with van der Waals surface area (Å²) < 4.78 is 16.4. The number of esters is 2. The van der Waals surface area contributed by atoms with Gasteiger partial charge in [0.2, 0.25) is 11.8 Å². The summed E-state index contributed by atoms with van der Waals surface area (Å²) >= 11 is 0. The summed E-state index contributed by atoms with van der Waals surface area (Å²) in [6, 6.07) is 13.8. The zero-order chi connectivity index (χ0) is 47.7. The standard InChI is InChI=1S/C52H79N3O10/c1-51(2,3)64-47(58)33-20-18-16-14-12-10-8-7-9-11-13-15-17-19-32-46(57)54-44(49(61)65-52(4,5)6)34-35-45(56)53-36-26-25-31-43(48(59)60)55-50(62)63-37-42-40-29-23-21-27-38(40)39-28-22-24-30-41(39)42/h21-24,27-30,42-44H,7-20,25-26,31-37H2,1-6H3,(H,53,56)(H,54,57)(H,55,62)(H,59,60). The number of aliphatic carboxylic acids is 1. The van der Waals surface area contributed by atoms with Gasteiger partial charge in [-0.05, 0) is 102 Å². The topological polar surface area (TPSA) is 186 Å². The van der Waals surface area contributed by atoms with Crippen molar-refractivity contribution in [3.63, 3.8) is 0 Å². The lowest BCUT2D eigenvalue weighted by atomic mass is 9.98. The molecule has 65 heavy (non-hydrogen) atoms. The maximum absolute atomic E-state index is 13.0. The lowest BCUT2D eigenvalue weighted by Gasteiger charge is -2.24. The Morgan fingerprint density at radius 3 is 1.55 bits per heavy atom. The minimum atomic E-state index is -1.18. The molecule has 0 saturated heterocycles. The number of hydrogen-bond donors (Lipinski definition) is 4. The third-order valence-electron chi connectivity index (χ3n) is 11.3. The van der Waals surface area contributed by atoms with E-state index in [1.165, 1.54) is 44.9 Å². The molecule has 0 spiro atoms. The van der Waals surface area contributed by atoms with E-state index in [0.717, 1.165) is 67.2 Å². The van der Waals surface area contributed by atoms with Crippen LogP contribution in [-0.4, -0.2) is 77.4 Å². The minimum absolute atomic E-state index is 0.0112. The van der Waals surface area contributed by atoms with Crippen LogP contribution in [-0.2, 0) is 38.2 Å². The van der Waals surface area contributed by atoms with E-state index in [1.807, 2.05) is 69.3 Å². The van der Waals surface area contributed by atoms with E-state index in [2.05, 4.69) is 16.0 Å². The van der Waals surface area contributed by atoms with Gasteiger partial charge in [-0.1, -0.05) is 126 Å². The summed E-state index contributed by atoms with van der Waals surface area (Å²) in [5.74, 6) is -2.56. The molecule has 13 nitrogen and oxygen atoms in total. The quantitative estimate of drug-likeness (QED) is 0.0322. The Labute approximate surface area is 388 Å². The number of alkyl carbamates (subject to hydrolysis) is 1. The van der Waals surface area contributed by atoms with Gasteiger partial charge in [-0.2, -0.15) is 0 Å². The highest BCUT2D eigenvalue weighted by Crippen LogP contribution is 2.44. The highest BCUT2D eigenvalue weighted by molar-refractivity contribution is 5.85. The normalized spacial score (nSPS) is 13.2. The molecule has 0 aliphatic heterocycles. The van der Waals surface area contributed by atoms with Gasteiger partial charge in [0.1, 0.15) is 29.9 Å². The maximum Gasteiger partial charge on any atom is 0.407 e. The summed E-state index contributed by atoms with van der Waals surface area (Å²) in [4.78, 5) is 75.1. The molecule has 1 aliphatic rings. The number of ether oxygens (including phenoxy) is 3. The fraction of sp³-hybridized carbons (Fsp3) is 0.654. The van der Waals surface area contributed by atoms with Crippen LogP contribution in [0.1, 0.15) is 193 Å². The van der Waals surface area contributed by atoms with Crippen molar-refractivity contribution < 1.29 is 48.1 Å². The molecular formula is C52H79N3O10. The third-order valence-corrected chi connectivity index (χ3v) is 11.3. The van der Waals surface area contributed by atoms with Crippen LogP contribution in [0, 0.1) is 0 Å². The van der Waals surface area contributed by atoms with E-state index in [0.29, 0.717) is 25.7 Å². The van der Waals surface area contributed by atoms with Gasteiger partial charge in [0, 0.05) is 31.7 Å². The zero-order valence-electron chi connectivity index (χ0n) is 40.2. The predicted molar refractivity (Wildman–Crippen MR) is 253 cm³/mol. The van der Waals surface area contributed by atoms with E-state index < -0.39 is 41.3 Å². The molecule has 4 N–H and O–H groups in total. The summed E-state index contributed by atoms with van der Waals surface area (Å²) in [5.41, 5.74) is 3.13. The number of amides is 3. The van der Waals surface area contributed by atoms with Crippen LogP contribution < -0.4 is 16.0 Å². The molecule has 2 unspecified atom stereocenters. The van der Waals surface area contributed by atoms with Gasteiger partial charge in [0.25, 0.3) is 0 Å². The molecule has 0 aromatic heterocycles. The van der Waals surface area contributed by atoms with Crippen molar-refractivity contribution in [2.24, 2.45) is 0 Å². The highest BCUT2D eigenvalue weighted by atomic mass is 16.6. The Bertz CT molecular complexity index is 1750. The van der Waals surface area contributed by atoms with E-state index in [4.69, 9.17) is 14.2 Å². The average molecular weight is 906 g/mol. The van der Waals surface area contributed by atoms with Crippen molar-refractivity contribution in [3.05, 3.63) is 59.7 Å². The van der Waals surface area contributed by atoms with Crippen molar-refractivity contribution in [2.45, 2.75) is 206 Å². The molecular weight excluding hydrogens is 827 g/mol. The minimum Gasteiger partial charge on any atom is -0.480 e. The number of carboxylic acid groups (broad SMARTS) is 1. The number of fused-ring (bicyclic) bond motifs is 3. The van der Waals surface area contributed by atoms with Crippen molar-refractivity contribution in [3.8, 4) is 11.1 Å². The Balaban J connectivity index is 1.24. The van der Waals surface area contributed by atoms with Gasteiger partial charge in [-0.25, -0.2) is 14.4 Å². The molecule has 13 heteroatoms. The second kappa shape index (κ2) is 28.9. The predicted octanol–water partition coefficient (Wildman–Crippen LogP) is 10.5. The summed E-state index contributed by atoms with van der Waals surface area (Å²) in [5, 5.41) is 17.8. The number of rotatable bonds is 31. The Hall–Kier alpha value is -4.94. The molecule has 0 fully saturated rings. The largest absolute Gasteiger partial charge is 0.480 e. The van der Waals surface area contributed by atoms with Crippen molar-refractivity contribution in [1.29, 1.82) is 0 Å². The first-order chi connectivity index (χ1) is 30.9. The number of carbonyl (C=O) groups is 6.